The Labute approximate surface area is 147 Å². The second-order valence-electron chi connectivity index (χ2n) is 6.22. The predicted octanol–water partition coefficient (Wildman–Crippen LogP) is 2.92. The Bertz CT molecular complexity index is 928. The lowest BCUT2D eigenvalue weighted by Crippen LogP contribution is -2.30. The standard InChI is InChI=1S/C17H18F3N5O/c1-11(9-24-7-5-21-12(24)2)8-22-16(26)14-10-25-6-3-4-13(15(25)23-14)17(18,19)20/h3-7,10-11H,8-9H2,1-2H3,(H,22,26). The first-order valence-electron chi connectivity index (χ1n) is 8.06. The first-order chi connectivity index (χ1) is 12.3. The van der Waals surface area contributed by atoms with Gasteiger partial charge < -0.3 is 14.3 Å². The summed E-state index contributed by atoms with van der Waals surface area (Å²) in [4.78, 5) is 20.3. The molecule has 3 aromatic rings. The Hall–Kier alpha value is -2.84. The van der Waals surface area contributed by atoms with Crippen LogP contribution >= 0.6 is 0 Å². The number of pyridine rings is 1. The fraction of sp³-hybridized carbons (Fsp3) is 0.353. The van der Waals surface area contributed by atoms with Gasteiger partial charge in [-0.3, -0.25) is 4.79 Å². The van der Waals surface area contributed by atoms with Gasteiger partial charge in [-0.1, -0.05) is 6.92 Å². The van der Waals surface area contributed by atoms with Gasteiger partial charge in [0.05, 0.1) is 5.56 Å². The normalized spacial score (nSPS) is 13.1. The number of nitrogens with one attached hydrogen (secondary N) is 1. The van der Waals surface area contributed by atoms with Gasteiger partial charge in [-0.2, -0.15) is 13.2 Å². The van der Waals surface area contributed by atoms with E-state index in [2.05, 4.69) is 15.3 Å². The topological polar surface area (TPSA) is 64.2 Å². The van der Waals surface area contributed by atoms with Gasteiger partial charge in [0.25, 0.3) is 5.91 Å². The molecule has 3 rings (SSSR count). The molecule has 0 aliphatic heterocycles. The summed E-state index contributed by atoms with van der Waals surface area (Å²) >= 11 is 0. The Kier molecular flexibility index (Phi) is 4.71. The average Bonchev–Trinajstić information content (AvgIpc) is 3.17. The second-order valence-corrected chi connectivity index (χ2v) is 6.22. The van der Waals surface area contributed by atoms with E-state index < -0.39 is 17.6 Å². The van der Waals surface area contributed by atoms with Gasteiger partial charge in [0.1, 0.15) is 17.2 Å². The van der Waals surface area contributed by atoms with E-state index >= 15 is 0 Å². The number of rotatable bonds is 5. The maximum Gasteiger partial charge on any atom is 0.419 e. The largest absolute Gasteiger partial charge is 0.419 e. The molecular weight excluding hydrogens is 347 g/mol. The Morgan fingerprint density at radius 1 is 1.35 bits per heavy atom. The smallest absolute Gasteiger partial charge is 0.350 e. The zero-order chi connectivity index (χ0) is 18.9. The molecule has 1 N–H and O–H groups in total. The summed E-state index contributed by atoms with van der Waals surface area (Å²) in [6.07, 6.45) is 1.76. The third-order valence-electron chi connectivity index (χ3n) is 4.06. The number of hydrogen-bond donors (Lipinski definition) is 1. The Balaban J connectivity index is 1.69. The van der Waals surface area contributed by atoms with Crippen molar-refractivity contribution in [2.75, 3.05) is 6.54 Å². The molecule has 1 atom stereocenters. The van der Waals surface area contributed by atoms with Crippen molar-refractivity contribution in [1.29, 1.82) is 0 Å². The number of nitrogens with zero attached hydrogens (tertiary/aromatic N) is 4. The molecule has 0 aliphatic rings. The molecule has 0 bridgehead atoms. The average molecular weight is 365 g/mol. The number of hydrogen-bond acceptors (Lipinski definition) is 3. The molecule has 0 spiro atoms. The third kappa shape index (κ3) is 3.71. The predicted molar refractivity (Wildman–Crippen MR) is 88.7 cm³/mol. The van der Waals surface area contributed by atoms with Crippen LogP contribution in [0, 0.1) is 12.8 Å². The lowest BCUT2D eigenvalue weighted by molar-refractivity contribution is -0.136. The SMILES string of the molecule is Cc1nccn1CC(C)CNC(=O)c1cn2cccc(C(F)(F)F)c2n1. The number of fused-ring (bicyclic) bond motifs is 1. The van der Waals surface area contributed by atoms with Gasteiger partial charge in [-0.05, 0) is 25.0 Å². The molecule has 0 aromatic carbocycles. The van der Waals surface area contributed by atoms with Crippen molar-refractivity contribution >= 4 is 11.6 Å². The maximum absolute atomic E-state index is 13.0. The highest BCUT2D eigenvalue weighted by Crippen LogP contribution is 2.31. The first kappa shape index (κ1) is 18.0. The van der Waals surface area contributed by atoms with Crippen molar-refractivity contribution in [3.8, 4) is 0 Å². The highest BCUT2D eigenvalue weighted by Gasteiger charge is 2.34. The summed E-state index contributed by atoms with van der Waals surface area (Å²) in [5, 5.41) is 2.72. The van der Waals surface area contributed by atoms with Crippen molar-refractivity contribution in [2.24, 2.45) is 5.92 Å². The quantitative estimate of drug-likeness (QED) is 0.756. The molecule has 0 saturated carbocycles. The summed E-state index contributed by atoms with van der Waals surface area (Å²) in [6.45, 7) is 4.90. The van der Waals surface area contributed by atoms with Crippen LogP contribution in [-0.2, 0) is 12.7 Å². The van der Waals surface area contributed by atoms with E-state index in [-0.39, 0.29) is 17.3 Å². The minimum Gasteiger partial charge on any atom is -0.350 e. The summed E-state index contributed by atoms with van der Waals surface area (Å²) in [7, 11) is 0. The number of amides is 1. The minimum atomic E-state index is -4.53. The number of carbonyl (C=O) groups excluding carboxylic acids is 1. The monoisotopic (exact) mass is 365 g/mol. The van der Waals surface area contributed by atoms with Gasteiger partial charge in [-0.15, -0.1) is 0 Å². The molecule has 0 radical (unpaired) electrons. The summed E-state index contributed by atoms with van der Waals surface area (Å²) in [6, 6.07) is 2.22. The van der Waals surface area contributed by atoms with Crippen LogP contribution in [0.2, 0.25) is 0 Å². The van der Waals surface area contributed by atoms with Crippen molar-refractivity contribution in [3.05, 3.63) is 54.0 Å². The lowest BCUT2D eigenvalue weighted by Gasteiger charge is -2.13. The van der Waals surface area contributed by atoms with E-state index in [1.54, 1.807) is 6.20 Å². The zero-order valence-electron chi connectivity index (χ0n) is 14.3. The van der Waals surface area contributed by atoms with Crippen LogP contribution < -0.4 is 5.32 Å². The first-order valence-corrected chi connectivity index (χ1v) is 8.06. The van der Waals surface area contributed by atoms with Gasteiger partial charge in [-0.25, -0.2) is 9.97 Å². The summed E-state index contributed by atoms with van der Waals surface area (Å²) in [5.74, 6) is 0.494. The van der Waals surface area contributed by atoms with Crippen LogP contribution in [0.5, 0.6) is 0 Å². The fourth-order valence-electron chi connectivity index (χ4n) is 2.70. The van der Waals surface area contributed by atoms with Crippen LogP contribution in [0.1, 0.15) is 28.8 Å². The van der Waals surface area contributed by atoms with Gasteiger partial charge in [0.2, 0.25) is 0 Å². The molecule has 0 saturated heterocycles. The molecule has 3 aromatic heterocycles. The number of carbonyl (C=O) groups is 1. The van der Waals surface area contributed by atoms with Crippen molar-refractivity contribution < 1.29 is 18.0 Å². The van der Waals surface area contributed by atoms with Gasteiger partial charge in [0.15, 0.2) is 0 Å². The second kappa shape index (κ2) is 6.81. The number of alkyl halides is 3. The van der Waals surface area contributed by atoms with E-state index in [0.29, 0.717) is 13.1 Å². The highest BCUT2D eigenvalue weighted by atomic mass is 19.4. The molecule has 1 amide bonds. The van der Waals surface area contributed by atoms with E-state index in [0.717, 1.165) is 11.9 Å². The zero-order valence-corrected chi connectivity index (χ0v) is 14.3. The highest BCUT2D eigenvalue weighted by molar-refractivity contribution is 5.93. The van der Waals surface area contributed by atoms with Gasteiger partial charge >= 0.3 is 6.18 Å². The maximum atomic E-state index is 13.0. The van der Waals surface area contributed by atoms with Crippen LogP contribution in [0.3, 0.4) is 0 Å². The number of imidazole rings is 2. The fourth-order valence-corrected chi connectivity index (χ4v) is 2.70. The minimum absolute atomic E-state index is 0.0484. The van der Waals surface area contributed by atoms with E-state index in [1.807, 2.05) is 24.6 Å². The molecule has 3 heterocycles. The molecule has 0 fully saturated rings. The number of aryl methyl sites for hydroxylation is 1. The molecular formula is C17H18F3N5O. The van der Waals surface area contributed by atoms with Gasteiger partial charge in [0, 0.05) is 37.9 Å². The van der Waals surface area contributed by atoms with Crippen LogP contribution in [0.15, 0.2) is 36.9 Å². The molecule has 9 heteroatoms. The van der Waals surface area contributed by atoms with Crippen molar-refractivity contribution in [3.63, 3.8) is 0 Å². The van der Waals surface area contributed by atoms with Crippen LogP contribution in [0.25, 0.3) is 5.65 Å². The lowest BCUT2D eigenvalue weighted by atomic mass is 10.2. The molecule has 1 unspecified atom stereocenters. The number of aromatic nitrogens is 4. The van der Waals surface area contributed by atoms with Crippen LogP contribution in [-0.4, -0.2) is 31.4 Å². The third-order valence-corrected chi connectivity index (χ3v) is 4.06. The summed E-state index contributed by atoms with van der Waals surface area (Å²) < 4.78 is 42.3. The molecule has 0 aliphatic carbocycles. The van der Waals surface area contributed by atoms with Crippen molar-refractivity contribution in [2.45, 2.75) is 26.6 Å². The number of halogens is 3. The van der Waals surface area contributed by atoms with E-state index in [1.165, 1.54) is 22.9 Å². The molecule has 26 heavy (non-hydrogen) atoms. The van der Waals surface area contributed by atoms with E-state index in [4.69, 9.17) is 0 Å². The Morgan fingerprint density at radius 3 is 2.77 bits per heavy atom. The molecule has 6 nitrogen and oxygen atoms in total. The van der Waals surface area contributed by atoms with E-state index in [9.17, 15) is 18.0 Å². The van der Waals surface area contributed by atoms with Crippen LogP contribution in [0.4, 0.5) is 13.2 Å². The summed E-state index contributed by atoms with van der Waals surface area (Å²) in [5.41, 5.74) is -1.21. The molecule has 138 valence electrons. The van der Waals surface area contributed by atoms with Crippen molar-refractivity contribution in [1.82, 2.24) is 24.3 Å². The Morgan fingerprint density at radius 2 is 2.12 bits per heavy atom.